The second kappa shape index (κ2) is 7.36. The predicted molar refractivity (Wildman–Crippen MR) is 88.5 cm³/mol. The highest BCUT2D eigenvalue weighted by atomic mass is 32.2. The fourth-order valence-corrected chi connectivity index (χ4v) is 3.55. The molecule has 0 aliphatic rings. The molecule has 106 valence electrons. The van der Waals surface area contributed by atoms with Gasteiger partial charge in [-0.15, -0.1) is 23.1 Å². The molecule has 3 N–H and O–H groups in total. The van der Waals surface area contributed by atoms with Gasteiger partial charge in [0.15, 0.2) is 0 Å². The van der Waals surface area contributed by atoms with Crippen LogP contribution in [0.3, 0.4) is 0 Å². The number of benzene rings is 1. The number of hydrogen-bond acceptors (Lipinski definition) is 4. The van der Waals surface area contributed by atoms with Crippen molar-refractivity contribution in [3.63, 3.8) is 0 Å². The van der Waals surface area contributed by atoms with Gasteiger partial charge in [0.1, 0.15) is 0 Å². The van der Waals surface area contributed by atoms with Crippen LogP contribution in [0.15, 0.2) is 39.9 Å². The van der Waals surface area contributed by atoms with Gasteiger partial charge in [-0.1, -0.05) is 12.1 Å². The third kappa shape index (κ3) is 4.28. The van der Waals surface area contributed by atoms with Gasteiger partial charge in [-0.25, -0.2) is 0 Å². The third-order valence-electron chi connectivity index (χ3n) is 2.94. The maximum absolute atomic E-state index is 11.9. The molecule has 3 nitrogen and oxygen atoms in total. The summed E-state index contributed by atoms with van der Waals surface area (Å²) >= 11 is 3.54. The van der Waals surface area contributed by atoms with E-state index in [-0.39, 0.29) is 5.91 Å². The Morgan fingerprint density at radius 3 is 2.95 bits per heavy atom. The number of rotatable bonds is 6. The first-order valence-corrected chi connectivity index (χ1v) is 8.34. The zero-order valence-electron chi connectivity index (χ0n) is 11.4. The number of carbonyl (C=O) groups is 1. The standard InChI is InChI=1S/C15H18N2OS2/c1-11-12(16)5-2-6-13(11)17-14(18)7-3-9-19-15-8-4-10-20-15/h2,4-6,8,10H,3,7,9,16H2,1H3,(H,17,18). The molecule has 20 heavy (non-hydrogen) atoms. The molecular weight excluding hydrogens is 288 g/mol. The summed E-state index contributed by atoms with van der Waals surface area (Å²) in [7, 11) is 0. The lowest BCUT2D eigenvalue weighted by atomic mass is 10.1. The van der Waals surface area contributed by atoms with E-state index in [1.807, 2.05) is 31.2 Å². The van der Waals surface area contributed by atoms with Crippen molar-refractivity contribution in [2.24, 2.45) is 0 Å². The number of thiophene rings is 1. The first-order valence-electron chi connectivity index (χ1n) is 6.48. The Bertz CT molecular complexity index is 567. The monoisotopic (exact) mass is 306 g/mol. The molecule has 1 heterocycles. The van der Waals surface area contributed by atoms with E-state index >= 15 is 0 Å². The normalized spacial score (nSPS) is 10.4. The van der Waals surface area contributed by atoms with Gasteiger partial charge in [-0.2, -0.15) is 0 Å². The third-order valence-corrected chi connectivity index (χ3v) is 5.15. The average Bonchev–Trinajstić information content (AvgIpc) is 2.93. The first-order chi connectivity index (χ1) is 9.66. The Balaban J connectivity index is 1.74. The van der Waals surface area contributed by atoms with E-state index in [0.717, 1.165) is 23.4 Å². The van der Waals surface area contributed by atoms with E-state index in [2.05, 4.69) is 16.8 Å². The fraction of sp³-hybridized carbons (Fsp3) is 0.267. The van der Waals surface area contributed by atoms with Crippen molar-refractivity contribution in [1.29, 1.82) is 0 Å². The lowest BCUT2D eigenvalue weighted by Crippen LogP contribution is -2.12. The van der Waals surface area contributed by atoms with Gasteiger partial charge >= 0.3 is 0 Å². The van der Waals surface area contributed by atoms with Crippen molar-refractivity contribution in [2.75, 3.05) is 16.8 Å². The van der Waals surface area contributed by atoms with E-state index in [1.54, 1.807) is 23.1 Å². The summed E-state index contributed by atoms with van der Waals surface area (Å²) in [5, 5.41) is 4.99. The quantitative estimate of drug-likeness (QED) is 0.479. The minimum Gasteiger partial charge on any atom is -0.398 e. The first kappa shape index (κ1) is 14.9. The molecular formula is C15H18N2OS2. The van der Waals surface area contributed by atoms with Gasteiger partial charge in [0.05, 0.1) is 4.21 Å². The smallest absolute Gasteiger partial charge is 0.224 e. The number of nitrogens with one attached hydrogen (secondary N) is 1. The molecule has 0 aliphatic heterocycles. The fourth-order valence-electron chi connectivity index (χ4n) is 1.75. The Kier molecular flexibility index (Phi) is 5.49. The summed E-state index contributed by atoms with van der Waals surface area (Å²) in [6, 6.07) is 9.71. The van der Waals surface area contributed by atoms with Crippen molar-refractivity contribution in [1.82, 2.24) is 0 Å². The highest BCUT2D eigenvalue weighted by Gasteiger charge is 2.06. The topological polar surface area (TPSA) is 55.1 Å². The molecule has 0 unspecified atom stereocenters. The van der Waals surface area contributed by atoms with Crippen LogP contribution in [0, 0.1) is 6.92 Å². The van der Waals surface area contributed by atoms with Gasteiger partial charge in [-0.05, 0) is 48.2 Å². The van der Waals surface area contributed by atoms with Crippen LogP contribution >= 0.6 is 23.1 Å². The van der Waals surface area contributed by atoms with Gasteiger partial charge in [0, 0.05) is 17.8 Å². The SMILES string of the molecule is Cc1c(N)cccc1NC(=O)CCCSc1cccs1. The largest absolute Gasteiger partial charge is 0.398 e. The van der Waals surface area contributed by atoms with Crippen molar-refractivity contribution in [3.8, 4) is 0 Å². The molecule has 1 aromatic carbocycles. The number of carbonyl (C=O) groups excluding carboxylic acids is 1. The molecule has 0 atom stereocenters. The van der Waals surface area contributed by atoms with Crippen molar-refractivity contribution >= 4 is 40.4 Å². The Morgan fingerprint density at radius 1 is 1.35 bits per heavy atom. The molecule has 0 saturated carbocycles. The van der Waals surface area contributed by atoms with E-state index in [1.165, 1.54) is 4.21 Å². The molecule has 0 radical (unpaired) electrons. The number of hydrogen-bond donors (Lipinski definition) is 2. The zero-order valence-corrected chi connectivity index (χ0v) is 13.0. The minimum atomic E-state index is 0.0467. The maximum atomic E-state index is 11.9. The van der Waals surface area contributed by atoms with Crippen molar-refractivity contribution < 1.29 is 4.79 Å². The van der Waals surface area contributed by atoms with Gasteiger partial charge in [0.25, 0.3) is 0 Å². The summed E-state index contributed by atoms with van der Waals surface area (Å²) in [5.74, 6) is 1.01. The summed E-state index contributed by atoms with van der Waals surface area (Å²) in [4.78, 5) is 11.9. The molecule has 5 heteroatoms. The van der Waals surface area contributed by atoms with Gasteiger partial charge in [0.2, 0.25) is 5.91 Å². The van der Waals surface area contributed by atoms with Crippen LogP contribution < -0.4 is 11.1 Å². The number of nitrogens with two attached hydrogens (primary N) is 1. The molecule has 2 rings (SSSR count). The van der Waals surface area contributed by atoms with Crippen molar-refractivity contribution in [2.45, 2.75) is 24.0 Å². The zero-order chi connectivity index (χ0) is 14.4. The molecule has 1 amide bonds. The lowest BCUT2D eigenvalue weighted by molar-refractivity contribution is -0.116. The van der Waals surface area contributed by atoms with Crippen LogP contribution in [0.5, 0.6) is 0 Å². The number of nitrogen functional groups attached to an aromatic ring is 1. The predicted octanol–water partition coefficient (Wildman–Crippen LogP) is 4.15. The molecule has 1 aromatic heterocycles. The van der Waals surface area contributed by atoms with Crippen LogP contribution in [-0.2, 0) is 4.79 Å². The summed E-state index contributed by atoms with van der Waals surface area (Å²) in [6.07, 6.45) is 1.41. The number of anilines is 2. The molecule has 0 saturated heterocycles. The van der Waals surface area contributed by atoms with E-state index in [0.29, 0.717) is 12.1 Å². The van der Waals surface area contributed by atoms with Crippen LogP contribution in [-0.4, -0.2) is 11.7 Å². The number of thioether (sulfide) groups is 1. The van der Waals surface area contributed by atoms with E-state index in [4.69, 9.17) is 5.73 Å². The average molecular weight is 306 g/mol. The molecule has 0 fully saturated rings. The maximum Gasteiger partial charge on any atom is 0.224 e. The van der Waals surface area contributed by atoms with Gasteiger partial charge < -0.3 is 11.1 Å². The minimum absolute atomic E-state index is 0.0467. The van der Waals surface area contributed by atoms with Crippen LogP contribution in [0.4, 0.5) is 11.4 Å². The van der Waals surface area contributed by atoms with E-state index < -0.39 is 0 Å². The highest BCUT2D eigenvalue weighted by molar-refractivity contribution is 8.01. The molecule has 2 aromatic rings. The Hall–Kier alpha value is -1.46. The summed E-state index contributed by atoms with van der Waals surface area (Å²) in [5.41, 5.74) is 8.25. The second-order valence-electron chi connectivity index (χ2n) is 4.45. The Labute approximate surface area is 127 Å². The highest BCUT2D eigenvalue weighted by Crippen LogP contribution is 2.24. The summed E-state index contributed by atoms with van der Waals surface area (Å²) < 4.78 is 1.30. The molecule has 0 aliphatic carbocycles. The lowest BCUT2D eigenvalue weighted by Gasteiger charge is -2.09. The molecule has 0 bridgehead atoms. The Morgan fingerprint density at radius 2 is 2.20 bits per heavy atom. The second-order valence-corrected chi connectivity index (χ2v) is 6.79. The molecule has 0 spiro atoms. The van der Waals surface area contributed by atoms with Gasteiger partial charge in [-0.3, -0.25) is 4.79 Å². The van der Waals surface area contributed by atoms with E-state index in [9.17, 15) is 4.79 Å². The van der Waals surface area contributed by atoms with Crippen molar-refractivity contribution in [3.05, 3.63) is 41.3 Å². The number of amides is 1. The summed E-state index contributed by atoms with van der Waals surface area (Å²) in [6.45, 7) is 1.91. The van der Waals surface area contributed by atoms with Crippen LogP contribution in [0.25, 0.3) is 0 Å². The van der Waals surface area contributed by atoms with Crippen LogP contribution in [0.2, 0.25) is 0 Å². The van der Waals surface area contributed by atoms with Crippen LogP contribution in [0.1, 0.15) is 18.4 Å².